The van der Waals surface area contributed by atoms with Gasteiger partial charge in [-0.25, -0.2) is 4.39 Å². The lowest BCUT2D eigenvalue weighted by molar-refractivity contribution is -0.127. The average molecular weight is 265 g/mol. The molecule has 1 aromatic rings. The van der Waals surface area contributed by atoms with Crippen LogP contribution in [0, 0.1) is 5.82 Å². The largest absolute Gasteiger partial charge is 0.362 e. The lowest BCUT2D eigenvalue weighted by atomic mass is 10.1. The molecule has 1 aliphatic heterocycles. The Morgan fingerprint density at radius 3 is 2.89 bits per heavy atom. The number of benzene rings is 1. The molecule has 1 heterocycles. The van der Waals surface area contributed by atoms with E-state index >= 15 is 0 Å². The number of nitrogens with one attached hydrogen (secondary N) is 1. The molecule has 0 unspecified atom stereocenters. The van der Waals surface area contributed by atoms with Crippen LogP contribution in [0.4, 0.5) is 10.1 Å². The highest BCUT2D eigenvalue weighted by atomic mass is 19.1. The number of carbonyl (C=O) groups is 1. The molecule has 0 aromatic heterocycles. The molecule has 1 fully saturated rings. The van der Waals surface area contributed by atoms with Crippen molar-refractivity contribution in [2.45, 2.75) is 13.0 Å². The molecule has 0 bridgehead atoms. The standard InChI is InChI=1S/C14H20FN3O/c1-16-9-11-12(15)5-3-6-13(11)18-8-4-7-17(2)14(19)10-18/h3,5-6,16H,4,7-10H2,1-2H3. The zero-order valence-corrected chi connectivity index (χ0v) is 11.4. The van der Waals surface area contributed by atoms with Gasteiger partial charge < -0.3 is 15.1 Å². The summed E-state index contributed by atoms with van der Waals surface area (Å²) in [5.74, 6) is -0.144. The highest BCUT2D eigenvalue weighted by Gasteiger charge is 2.21. The molecule has 1 aliphatic rings. The van der Waals surface area contributed by atoms with Crippen LogP contribution in [0.2, 0.25) is 0 Å². The van der Waals surface area contributed by atoms with Crippen molar-refractivity contribution in [3.05, 3.63) is 29.6 Å². The van der Waals surface area contributed by atoms with E-state index in [1.807, 2.05) is 18.0 Å². The Balaban J connectivity index is 2.30. The predicted molar refractivity (Wildman–Crippen MR) is 73.6 cm³/mol. The van der Waals surface area contributed by atoms with Crippen molar-refractivity contribution in [1.29, 1.82) is 0 Å². The molecule has 1 N–H and O–H groups in total. The predicted octanol–water partition coefficient (Wildman–Crippen LogP) is 1.21. The first-order valence-corrected chi connectivity index (χ1v) is 6.54. The second-order valence-electron chi connectivity index (χ2n) is 4.86. The number of halogens is 1. The van der Waals surface area contributed by atoms with Crippen LogP contribution in [0.5, 0.6) is 0 Å². The maximum atomic E-state index is 13.9. The molecular formula is C14H20FN3O. The van der Waals surface area contributed by atoms with E-state index in [1.54, 1.807) is 18.0 Å². The minimum Gasteiger partial charge on any atom is -0.362 e. The summed E-state index contributed by atoms with van der Waals surface area (Å²) in [5, 5.41) is 2.98. The first-order valence-electron chi connectivity index (χ1n) is 6.54. The van der Waals surface area contributed by atoms with Gasteiger partial charge in [0.25, 0.3) is 0 Å². The molecule has 0 aliphatic carbocycles. The number of anilines is 1. The Bertz CT molecular complexity index is 464. The van der Waals surface area contributed by atoms with Crippen LogP contribution < -0.4 is 10.2 Å². The topological polar surface area (TPSA) is 35.6 Å². The van der Waals surface area contributed by atoms with Crippen molar-refractivity contribution >= 4 is 11.6 Å². The monoisotopic (exact) mass is 265 g/mol. The summed E-state index contributed by atoms with van der Waals surface area (Å²) in [5.41, 5.74) is 1.44. The van der Waals surface area contributed by atoms with Gasteiger partial charge in [-0.05, 0) is 25.6 Å². The van der Waals surface area contributed by atoms with Gasteiger partial charge in [0.1, 0.15) is 5.82 Å². The summed E-state index contributed by atoms with van der Waals surface area (Å²) in [4.78, 5) is 15.6. The average Bonchev–Trinajstić information content (AvgIpc) is 2.55. The summed E-state index contributed by atoms with van der Waals surface area (Å²) < 4.78 is 13.9. The normalized spacial score (nSPS) is 16.7. The summed E-state index contributed by atoms with van der Waals surface area (Å²) >= 11 is 0. The van der Waals surface area contributed by atoms with E-state index in [1.165, 1.54) is 6.07 Å². The molecule has 0 saturated carbocycles. The number of likely N-dealkylation sites (N-methyl/N-ethyl adjacent to an activating group) is 1. The van der Waals surface area contributed by atoms with Crippen molar-refractivity contribution in [2.24, 2.45) is 0 Å². The van der Waals surface area contributed by atoms with Gasteiger partial charge in [-0.3, -0.25) is 4.79 Å². The molecule has 0 spiro atoms. The van der Waals surface area contributed by atoms with Crippen molar-refractivity contribution in [3.63, 3.8) is 0 Å². The van der Waals surface area contributed by atoms with Crippen LogP contribution in [-0.4, -0.2) is 44.5 Å². The van der Waals surface area contributed by atoms with E-state index in [9.17, 15) is 9.18 Å². The highest BCUT2D eigenvalue weighted by molar-refractivity contribution is 5.82. The van der Waals surface area contributed by atoms with Crippen molar-refractivity contribution in [1.82, 2.24) is 10.2 Å². The smallest absolute Gasteiger partial charge is 0.241 e. The summed E-state index contributed by atoms with van der Waals surface area (Å²) in [6, 6.07) is 5.04. The SMILES string of the molecule is CNCc1c(F)cccc1N1CCCN(C)C(=O)C1. The van der Waals surface area contributed by atoms with Crippen molar-refractivity contribution in [2.75, 3.05) is 38.6 Å². The first kappa shape index (κ1) is 13.8. The zero-order valence-electron chi connectivity index (χ0n) is 11.4. The third-order valence-corrected chi connectivity index (χ3v) is 3.46. The molecule has 19 heavy (non-hydrogen) atoms. The highest BCUT2D eigenvalue weighted by Crippen LogP contribution is 2.24. The number of nitrogens with zero attached hydrogens (tertiary/aromatic N) is 2. The molecule has 1 amide bonds. The van der Waals surface area contributed by atoms with Crippen LogP contribution in [0.15, 0.2) is 18.2 Å². The minimum absolute atomic E-state index is 0.0807. The molecule has 0 radical (unpaired) electrons. The van der Waals surface area contributed by atoms with Crippen molar-refractivity contribution < 1.29 is 9.18 Å². The molecule has 5 heteroatoms. The van der Waals surface area contributed by atoms with Gasteiger partial charge in [-0.15, -0.1) is 0 Å². The summed E-state index contributed by atoms with van der Waals surface area (Å²) in [6.07, 6.45) is 0.901. The number of rotatable bonds is 3. The van der Waals surface area contributed by atoms with Gasteiger partial charge in [0.15, 0.2) is 0 Å². The molecular weight excluding hydrogens is 245 g/mol. The quantitative estimate of drug-likeness (QED) is 0.892. The second-order valence-corrected chi connectivity index (χ2v) is 4.86. The Kier molecular flexibility index (Phi) is 4.37. The second kappa shape index (κ2) is 6.02. The van der Waals surface area contributed by atoms with E-state index in [-0.39, 0.29) is 11.7 Å². The van der Waals surface area contributed by atoms with Crippen LogP contribution in [0.25, 0.3) is 0 Å². The molecule has 4 nitrogen and oxygen atoms in total. The fourth-order valence-corrected chi connectivity index (χ4v) is 2.39. The molecule has 2 rings (SSSR count). The first-order chi connectivity index (χ1) is 9.13. The number of amides is 1. The van der Waals surface area contributed by atoms with Gasteiger partial charge in [0.2, 0.25) is 5.91 Å². The van der Waals surface area contributed by atoms with Crippen LogP contribution in [0.3, 0.4) is 0 Å². The van der Waals surface area contributed by atoms with E-state index < -0.39 is 0 Å². The van der Waals surface area contributed by atoms with E-state index in [4.69, 9.17) is 0 Å². The van der Waals surface area contributed by atoms with E-state index in [0.29, 0.717) is 18.7 Å². The van der Waals surface area contributed by atoms with Crippen molar-refractivity contribution in [3.8, 4) is 0 Å². The number of hydrogen-bond acceptors (Lipinski definition) is 3. The van der Waals surface area contributed by atoms with Gasteiger partial charge >= 0.3 is 0 Å². The third kappa shape index (κ3) is 3.04. The maximum absolute atomic E-state index is 13.9. The van der Waals surface area contributed by atoms with Gasteiger partial charge in [-0.2, -0.15) is 0 Å². The molecule has 1 aromatic carbocycles. The Morgan fingerprint density at radius 1 is 1.37 bits per heavy atom. The number of carbonyl (C=O) groups excluding carboxylic acids is 1. The van der Waals surface area contributed by atoms with Crippen LogP contribution in [-0.2, 0) is 11.3 Å². The van der Waals surface area contributed by atoms with E-state index in [2.05, 4.69) is 5.32 Å². The van der Waals surface area contributed by atoms with Gasteiger partial charge in [0, 0.05) is 37.9 Å². The van der Waals surface area contributed by atoms with Gasteiger partial charge in [0.05, 0.1) is 6.54 Å². The zero-order chi connectivity index (χ0) is 13.8. The lowest BCUT2D eigenvalue weighted by Gasteiger charge is -2.25. The maximum Gasteiger partial charge on any atom is 0.241 e. The third-order valence-electron chi connectivity index (χ3n) is 3.46. The minimum atomic E-state index is -0.225. The molecule has 104 valence electrons. The Morgan fingerprint density at radius 2 is 2.16 bits per heavy atom. The Labute approximate surface area is 113 Å². The molecule has 0 atom stereocenters. The van der Waals surface area contributed by atoms with Gasteiger partial charge in [-0.1, -0.05) is 6.07 Å². The summed E-state index contributed by atoms with van der Waals surface area (Å²) in [6.45, 7) is 2.31. The Hall–Kier alpha value is -1.62. The fraction of sp³-hybridized carbons (Fsp3) is 0.500. The fourth-order valence-electron chi connectivity index (χ4n) is 2.39. The molecule has 1 saturated heterocycles. The van der Waals surface area contributed by atoms with Crippen LogP contribution >= 0.6 is 0 Å². The van der Waals surface area contributed by atoms with E-state index in [0.717, 1.165) is 25.2 Å². The summed E-state index contributed by atoms with van der Waals surface area (Å²) in [7, 11) is 3.60. The lowest BCUT2D eigenvalue weighted by Crippen LogP contribution is -2.35. The van der Waals surface area contributed by atoms with Crippen LogP contribution in [0.1, 0.15) is 12.0 Å². The number of hydrogen-bond donors (Lipinski definition) is 1.